The molecule has 8 N–H and O–H groups in total. The zero-order chi connectivity index (χ0) is 20.7. The summed E-state index contributed by atoms with van der Waals surface area (Å²) in [5, 5.41) is 53.7. The maximum absolute atomic E-state index is 11.5. The van der Waals surface area contributed by atoms with E-state index in [0.29, 0.717) is 0 Å². The highest BCUT2D eigenvalue weighted by atomic mass is 19.1. The normalized spacial score (nSPS) is 28.0. The first-order chi connectivity index (χ1) is 12.7. The van der Waals surface area contributed by atoms with Crippen molar-refractivity contribution in [3.05, 3.63) is 22.7 Å². The van der Waals surface area contributed by atoms with E-state index in [0.717, 1.165) is 4.57 Å². The second-order valence-electron chi connectivity index (χ2n) is 5.61. The van der Waals surface area contributed by atoms with Crippen LogP contribution in [-0.4, -0.2) is 96.4 Å². The van der Waals surface area contributed by atoms with E-state index in [4.69, 9.17) is 30.9 Å². The molecule has 0 amide bonds. The Morgan fingerprint density at radius 1 is 1.33 bits per heavy atom. The van der Waals surface area contributed by atoms with Gasteiger partial charge in [-0.2, -0.15) is 4.98 Å². The van der Waals surface area contributed by atoms with E-state index in [1.807, 2.05) is 0 Å². The van der Waals surface area contributed by atoms with Crippen molar-refractivity contribution in [3.8, 4) is 0 Å². The first kappa shape index (κ1) is 23.0. The molecule has 0 aliphatic carbocycles. The first-order valence-electron chi connectivity index (χ1n) is 7.70. The number of nitrogen functional groups attached to an aromatic ring is 1. The molecule has 1 aliphatic rings. The van der Waals surface area contributed by atoms with Crippen LogP contribution in [0.4, 0.5) is 10.2 Å². The average molecular weight is 395 g/mol. The summed E-state index contributed by atoms with van der Waals surface area (Å²) in [7, 11) is 0. The molecule has 0 bridgehead atoms. The summed E-state index contributed by atoms with van der Waals surface area (Å²) in [5.74, 6) is 0.0537. The third kappa shape index (κ3) is 5.74. The van der Waals surface area contributed by atoms with Gasteiger partial charge < -0.3 is 45.9 Å². The van der Waals surface area contributed by atoms with Crippen molar-refractivity contribution in [1.82, 2.24) is 9.55 Å². The van der Waals surface area contributed by atoms with Crippen molar-refractivity contribution in [3.63, 3.8) is 0 Å². The number of hydrogen-bond donors (Lipinski definition) is 7. The summed E-state index contributed by atoms with van der Waals surface area (Å²) in [4.78, 5) is 24.7. The maximum atomic E-state index is 11.5. The number of aromatic nitrogens is 2. The lowest BCUT2D eigenvalue weighted by molar-refractivity contribution is -0.126. The van der Waals surface area contributed by atoms with Gasteiger partial charge in [-0.3, -0.25) is 4.57 Å². The predicted octanol–water partition coefficient (Wildman–Crippen LogP) is -4.33. The fourth-order valence-corrected chi connectivity index (χ4v) is 2.13. The van der Waals surface area contributed by atoms with Crippen LogP contribution in [0.2, 0.25) is 0 Å². The van der Waals surface area contributed by atoms with Gasteiger partial charge >= 0.3 is 5.69 Å². The second kappa shape index (κ2) is 10.4. The maximum Gasteiger partial charge on any atom is 0.351 e. The Hall–Kier alpha value is -2.00. The predicted molar refractivity (Wildman–Crippen MR) is 86.0 cm³/mol. The number of aliphatic hydroxyl groups is 6. The van der Waals surface area contributed by atoms with Crippen LogP contribution in [0.5, 0.6) is 0 Å². The second-order valence-corrected chi connectivity index (χ2v) is 5.61. The molecule has 0 aromatic carbocycles. The van der Waals surface area contributed by atoms with Crippen LogP contribution in [0.25, 0.3) is 0 Å². The van der Waals surface area contributed by atoms with Gasteiger partial charge in [-0.15, -0.1) is 0 Å². The number of nitrogens with zero attached hydrogens (tertiary/aromatic N) is 2. The Bertz CT molecular complexity index is 661. The molecular formula is C14H22FN3O9. The van der Waals surface area contributed by atoms with Gasteiger partial charge in [0.25, 0.3) is 0 Å². The smallest absolute Gasteiger partial charge is 0.351 e. The van der Waals surface area contributed by atoms with Crippen LogP contribution in [0, 0.1) is 0 Å². The van der Waals surface area contributed by atoms with Crippen LogP contribution >= 0.6 is 0 Å². The molecule has 154 valence electrons. The number of carbonyl (C=O) groups excluding carboxylic acids is 1. The van der Waals surface area contributed by atoms with Crippen LogP contribution in [0.3, 0.4) is 0 Å². The van der Waals surface area contributed by atoms with Crippen LogP contribution in [-0.2, 0) is 9.53 Å². The van der Waals surface area contributed by atoms with Gasteiger partial charge in [0, 0.05) is 6.20 Å². The number of aldehydes is 1. The van der Waals surface area contributed by atoms with Crippen molar-refractivity contribution in [1.29, 1.82) is 0 Å². The third-order valence-electron chi connectivity index (χ3n) is 3.68. The summed E-state index contributed by atoms with van der Waals surface area (Å²) in [6, 6.07) is 1.37. The van der Waals surface area contributed by atoms with E-state index in [-0.39, 0.29) is 12.1 Å². The number of aliphatic hydroxyl groups excluding tert-OH is 6. The van der Waals surface area contributed by atoms with E-state index in [1.165, 1.54) is 12.3 Å². The average Bonchev–Trinajstić information content (AvgIpc) is 2.94. The Balaban J connectivity index is 0.000000314. The van der Waals surface area contributed by atoms with E-state index in [1.54, 1.807) is 0 Å². The molecule has 7 atom stereocenters. The van der Waals surface area contributed by atoms with Crippen molar-refractivity contribution < 1.29 is 44.6 Å². The Morgan fingerprint density at radius 2 is 1.96 bits per heavy atom. The molecule has 2 rings (SSSR count). The molecule has 0 radical (unpaired) electrons. The number of ether oxygens (including phenoxy) is 1. The van der Waals surface area contributed by atoms with Gasteiger partial charge in [0.05, 0.1) is 6.61 Å². The minimum Gasteiger partial charge on any atom is -0.394 e. The highest BCUT2D eigenvalue weighted by molar-refractivity contribution is 5.56. The fraction of sp³-hybridized carbons (Fsp3) is 0.643. The molecule has 1 aromatic heterocycles. The number of anilines is 1. The number of nitrogens with two attached hydrogens (primary N) is 1. The van der Waals surface area contributed by atoms with Crippen molar-refractivity contribution in [2.24, 2.45) is 0 Å². The molecule has 1 fully saturated rings. The molecule has 2 heterocycles. The number of carbonyl (C=O) groups is 1. The van der Waals surface area contributed by atoms with Crippen LogP contribution in [0.15, 0.2) is 17.1 Å². The molecule has 0 spiro atoms. The minimum absolute atomic E-state index is 0.0313. The molecule has 0 saturated carbocycles. The van der Waals surface area contributed by atoms with Crippen molar-refractivity contribution >= 4 is 12.1 Å². The Kier molecular flexibility index (Phi) is 8.84. The Morgan fingerprint density at radius 3 is 2.41 bits per heavy atom. The lowest BCUT2D eigenvalue weighted by Crippen LogP contribution is -2.39. The number of hydrogen-bond acceptors (Lipinski definition) is 11. The van der Waals surface area contributed by atoms with Crippen LogP contribution < -0.4 is 11.4 Å². The minimum atomic E-state index is -1.73. The quantitative estimate of drug-likeness (QED) is 0.229. The van der Waals surface area contributed by atoms with Gasteiger partial charge in [0.2, 0.25) is 0 Å². The molecule has 27 heavy (non-hydrogen) atoms. The van der Waals surface area contributed by atoms with Gasteiger partial charge in [-0.05, 0) is 6.07 Å². The summed E-state index contributed by atoms with van der Waals surface area (Å²) in [6.07, 6.45) is -8.38. The summed E-state index contributed by atoms with van der Waals surface area (Å²) in [6.45, 7) is -1.64. The Labute approximate surface area is 151 Å². The molecule has 1 aromatic rings. The number of halogens is 1. The van der Waals surface area contributed by atoms with E-state index in [9.17, 15) is 24.2 Å². The van der Waals surface area contributed by atoms with Crippen molar-refractivity contribution in [2.75, 3.05) is 19.0 Å². The topological polar surface area (TPSA) is 209 Å². The molecule has 3 unspecified atom stereocenters. The summed E-state index contributed by atoms with van der Waals surface area (Å²) >= 11 is 0. The third-order valence-corrected chi connectivity index (χ3v) is 3.68. The molecule has 12 nitrogen and oxygen atoms in total. The van der Waals surface area contributed by atoms with Gasteiger partial charge in [0.15, 0.2) is 12.5 Å². The fourth-order valence-electron chi connectivity index (χ4n) is 2.13. The summed E-state index contributed by atoms with van der Waals surface area (Å²) < 4.78 is 17.7. The van der Waals surface area contributed by atoms with Gasteiger partial charge in [-0.1, -0.05) is 0 Å². The summed E-state index contributed by atoms with van der Waals surface area (Å²) in [5.41, 5.74) is 4.63. The highest BCUT2D eigenvalue weighted by Crippen LogP contribution is 2.27. The lowest BCUT2D eigenvalue weighted by Gasteiger charge is -2.16. The first-order valence-corrected chi connectivity index (χ1v) is 7.70. The SMILES string of the molecule is Nc1ccn([C@@H]2O[C@H](CO)[C@@H](O)[C@H]2O)c(=O)n1.O=CC(O)C(O)C(O)CF. The molecule has 1 aliphatic heterocycles. The highest BCUT2D eigenvalue weighted by Gasteiger charge is 2.43. The van der Waals surface area contributed by atoms with E-state index < -0.39 is 61.8 Å². The van der Waals surface area contributed by atoms with Crippen LogP contribution in [0.1, 0.15) is 6.23 Å². The zero-order valence-corrected chi connectivity index (χ0v) is 13.9. The largest absolute Gasteiger partial charge is 0.394 e. The lowest BCUT2D eigenvalue weighted by atomic mass is 10.1. The number of alkyl halides is 1. The molecular weight excluding hydrogens is 373 g/mol. The van der Waals surface area contributed by atoms with Gasteiger partial charge in [-0.25, -0.2) is 9.18 Å². The van der Waals surface area contributed by atoms with Crippen molar-refractivity contribution in [2.45, 2.75) is 42.9 Å². The number of rotatable bonds is 6. The molecule has 13 heteroatoms. The van der Waals surface area contributed by atoms with Gasteiger partial charge in [0.1, 0.15) is 49.1 Å². The zero-order valence-electron chi connectivity index (χ0n) is 13.9. The monoisotopic (exact) mass is 395 g/mol. The molecule has 1 saturated heterocycles. The van der Waals surface area contributed by atoms with E-state index >= 15 is 0 Å². The van der Waals surface area contributed by atoms with E-state index in [2.05, 4.69) is 4.98 Å². The standard InChI is InChI=1S/C9H13N3O5.C5H9FO4/c10-5-1-2-12(9(16)11-5)8-7(15)6(14)4(3-13)17-8;6-1-3(8)5(10)4(9)2-7/h1-2,4,6-8,13-15H,3H2,(H2,10,11,16);2-5,8-10H,1H2/t4-,6-,7-,8-;/m1./s1.